The fourth-order valence-electron chi connectivity index (χ4n) is 2.86. The van der Waals surface area contributed by atoms with Crippen LogP contribution in [0.15, 0.2) is 89.1 Å². The molecule has 1 amide bonds. The van der Waals surface area contributed by atoms with Crippen molar-refractivity contribution in [3.63, 3.8) is 0 Å². The van der Waals surface area contributed by atoms with E-state index in [2.05, 4.69) is 29.4 Å². The second kappa shape index (κ2) is 9.99. The third-order valence-electron chi connectivity index (χ3n) is 4.55. The molecule has 0 aliphatic heterocycles. The minimum Gasteiger partial charge on any atom is -0.271 e. The van der Waals surface area contributed by atoms with Crippen molar-refractivity contribution in [2.45, 2.75) is 24.7 Å². The molecule has 3 aromatic rings. The molecule has 1 N–H and O–H groups in total. The zero-order chi connectivity index (χ0) is 22.3. The topological polar surface area (TPSA) is 91.7 Å². The summed E-state index contributed by atoms with van der Waals surface area (Å²) in [4.78, 5) is 16.6. The number of benzene rings is 2. The number of nitrogens with zero attached hydrogens (tertiary/aromatic N) is 3. The molecule has 2 aromatic carbocycles. The van der Waals surface area contributed by atoms with Gasteiger partial charge in [-0.15, -0.1) is 0 Å². The van der Waals surface area contributed by atoms with Gasteiger partial charge in [0.25, 0.3) is 15.9 Å². The van der Waals surface area contributed by atoms with Gasteiger partial charge < -0.3 is 0 Å². The molecule has 0 atom stereocenters. The lowest BCUT2D eigenvalue weighted by atomic mass is 10.0. The Morgan fingerprint density at radius 1 is 1.06 bits per heavy atom. The van der Waals surface area contributed by atoms with E-state index in [-0.39, 0.29) is 4.90 Å². The summed E-state index contributed by atoms with van der Waals surface area (Å²) in [7, 11) is -3.95. The number of carbonyl (C=O) groups is 1. The molecule has 7 nitrogen and oxygen atoms in total. The first-order valence-corrected chi connectivity index (χ1v) is 11.2. The van der Waals surface area contributed by atoms with Gasteiger partial charge in [0, 0.05) is 18.0 Å². The second-order valence-electron chi connectivity index (χ2n) is 7.15. The molecule has 0 unspecified atom stereocenters. The number of aromatic nitrogens is 1. The minimum atomic E-state index is -3.95. The highest BCUT2D eigenvalue weighted by Gasteiger charge is 2.27. The molecule has 0 bridgehead atoms. The van der Waals surface area contributed by atoms with Crippen molar-refractivity contribution in [1.82, 2.24) is 10.4 Å². The Morgan fingerprint density at radius 3 is 2.39 bits per heavy atom. The molecule has 1 heterocycles. The molecule has 31 heavy (non-hydrogen) atoms. The first-order chi connectivity index (χ1) is 14.9. The predicted molar refractivity (Wildman–Crippen MR) is 121 cm³/mol. The van der Waals surface area contributed by atoms with Gasteiger partial charge in [-0.2, -0.15) is 5.10 Å². The summed E-state index contributed by atoms with van der Waals surface area (Å²) < 4.78 is 27.6. The molecule has 0 radical (unpaired) electrons. The normalized spacial score (nSPS) is 11.6. The van der Waals surface area contributed by atoms with Crippen molar-refractivity contribution in [2.75, 3.05) is 10.8 Å². The quantitative estimate of drug-likeness (QED) is 0.432. The zero-order valence-corrected chi connectivity index (χ0v) is 18.2. The number of pyridine rings is 1. The molecule has 0 aliphatic rings. The number of hydrazone groups is 1. The number of hydrogen-bond donors (Lipinski definition) is 1. The lowest BCUT2D eigenvalue weighted by Gasteiger charge is -2.24. The van der Waals surface area contributed by atoms with Gasteiger partial charge in [-0.3, -0.25) is 14.1 Å². The van der Waals surface area contributed by atoms with Gasteiger partial charge in [-0.1, -0.05) is 50.2 Å². The van der Waals surface area contributed by atoms with Crippen LogP contribution in [0.4, 0.5) is 5.69 Å². The number of amides is 1. The van der Waals surface area contributed by atoms with Crippen molar-refractivity contribution < 1.29 is 13.2 Å². The maximum atomic E-state index is 13.3. The van der Waals surface area contributed by atoms with Crippen LogP contribution in [0.2, 0.25) is 0 Å². The Hall–Kier alpha value is -3.52. The highest BCUT2D eigenvalue weighted by molar-refractivity contribution is 7.92. The number of rotatable bonds is 8. The van der Waals surface area contributed by atoms with E-state index in [1.54, 1.807) is 54.9 Å². The Labute approximate surface area is 182 Å². The van der Waals surface area contributed by atoms with Crippen molar-refractivity contribution in [3.8, 4) is 0 Å². The summed E-state index contributed by atoms with van der Waals surface area (Å²) in [5.74, 6) is -0.258. The smallest absolute Gasteiger partial charge is 0.264 e. The molecule has 0 saturated carbocycles. The summed E-state index contributed by atoms with van der Waals surface area (Å²) in [6.07, 6.45) is 4.67. The third-order valence-corrected chi connectivity index (χ3v) is 6.34. The number of nitrogens with one attached hydrogen (secondary N) is 1. The van der Waals surface area contributed by atoms with E-state index in [0.29, 0.717) is 17.2 Å². The first-order valence-electron chi connectivity index (χ1n) is 9.77. The molecule has 3 rings (SSSR count). The number of carbonyl (C=O) groups excluding carboxylic acids is 1. The van der Waals surface area contributed by atoms with Crippen LogP contribution in [-0.2, 0) is 14.8 Å². The summed E-state index contributed by atoms with van der Waals surface area (Å²) in [5, 5.41) is 3.89. The van der Waals surface area contributed by atoms with Gasteiger partial charge in [0.1, 0.15) is 6.54 Å². The molecule has 0 fully saturated rings. The van der Waals surface area contributed by atoms with Crippen LogP contribution in [0.1, 0.15) is 30.9 Å². The van der Waals surface area contributed by atoms with Crippen molar-refractivity contribution in [1.29, 1.82) is 0 Å². The highest BCUT2D eigenvalue weighted by atomic mass is 32.2. The van der Waals surface area contributed by atoms with Gasteiger partial charge >= 0.3 is 0 Å². The molecule has 1 aromatic heterocycles. The van der Waals surface area contributed by atoms with Crippen LogP contribution < -0.4 is 9.73 Å². The van der Waals surface area contributed by atoms with Gasteiger partial charge in [-0.25, -0.2) is 13.8 Å². The van der Waals surface area contributed by atoms with Crippen LogP contribution in [0, 0.1) is 0 Å². The largest absolute Gasteiger partial charge is 0.271 e. The Bertz CT molecular complexity index is 1130. The maximum Gasteiger partial charge on any atom is 0.264 e. The van der Waals surface area contributed by atoms with E-state index in [4.69, 9.17) is 0 Å². The monoisotopic (exact) mass is 436 g/mol. The lowest BCUT2D eigenvalue weighted by molar-refractivity contribution is -0.119. The Kier molecular flexibility index (Phi) is 7.15. The SMILES string of the molecule is CC(C)c1ccc(N(CC(=O)N/N=C\c2cccnc2)S(=O)(=O)c2ccccc2)cc1. The lowest BCUT2D eigenvalue weighted by Crippen LogP contribution is -2.39. The van der Waals surface area contributed by atoms with Crippen LogP contribution in [-0.4, -0.2) is 32.1 Å². The zero-order valence-electron chi connectivity index (χ0n) is 17.3. The average Bonchev–Trinajstić information content (AvgIpc) is 2.79. The number of anilines is 1. The molecular weight excluding hydrogens is 412 g/mol. The van der Waals surface area contributed by atoms with Crippen molar-refractivity contribution in [3.05, 3.63) is 90.3 Å². The van der Waals surface area contributed by atoms with E-state index in [1.807, 2.05) is 12.1 Å². The molecule has 160 valence electrons. The second-order valence-corrected chi connectivity index (χ2v) is 9.01. The van der Waals surface area contributed by atoms with Crippen molar-refractivity contribution in [2.24, 2.45) is 5.10 Å². The van der Waals surface area contributed by atoms with Gasteiger partial charge in [0.05, 0.1) is 16.8 Å². The minimum absolute atomic E-state index is 0.106. The Balaban J connectivity index is 1.85. The Morgan fingerprint density at radius 2 is 1.77 bits per heavy atom. The number of sulfonamides is 1. The fourth-order valence-corrected chi connectivity index (χ4v) is 4.30. The van der Waals surface area contributed by atoms with Crippen molar-refractivity contribution >= 4 is 27.8 Å². The highest BCUT2D eigenvalue weighted by Crippen LogP contribution is 2.25. The van der Waals surface area contributed by atoms with Crippen LogP contribution in [0.3, 0.4) is 0 Å². The van der Waals surface area contributed by atoms with Gasteiger partial charge in [0.15, 0.2) is 0 Å². The summed E-state index contributed by atoms with van der Waals surface area (Å²) >= 11 is 0. The summed E-state index contributed by atoms with van der Waals surface area (Å²) in [5.41, 5.74) is 4.57. The van der Waals surface area contributed by atoms with E-state index in [9.17, 15) is 13.2 Å². The first kappa shape index (κ1) is 22.2. The molecular formula is C23H24N4O3S. The van der Waals surface area contributed by atoms with Gasteiger partial charge in [-0.05, 0) is 41.8 Å². The standard InChI is InChI=1S/C23H24N4O3S/c1-18(2)20-10-12-21(13-11-20)27(31(29,30)22-8-4-3-5-9-22)17-23(28)26-25-16-19-7-6-14-24-15-19/h3-16,18H,17H2,1-2H3,(H,26,28)/b25-16-. The maximum absolute atomic E-state index is 13.3. The van der Waals surface area contributed by atoms with Gasteiger partial charge in [0.2, 0.25) is 0 Å². The predicted octanol–water partition coefficient (Wildman–Crippen LogP) is 3.55. The number of hydrogen-bond acceptors (Lipinski definition) is 5. The molecule has 0 saturated heterocycles. The van der Waals surface area contributed by atoms with Crippen LogP contribution in [0.5, 0.6) is 0 Å². The van der Waals surface area contributed by atoms with E-state index >= 15 is 0 Å². The molecule has 8 heteroatoms. The fraction of sp³-hybridized carbons (Fsp3) is 0.174. The van der Waals surface area contributed by atoms with E-state index in [1.165, 1.54) is 18.3 Å². The average molecular weight is 437 g/mol. The molecule has 0 aliphatic carbocycles. The van der Waals surface area contributed by atoms with Crippen LogP contribution in [0.25, 0.3) is 0 Å². The third kappa shape index (κ3) is 5.76. The van der Waals surface area contributed by atoms with E-state index in [0.717, 1.165) is 9.87 Å². The van der Waals surface area contributed by atoms with Crippen LogP contribution >= 0.6 is 0 Å². The summed E-state index contributed by atoms with van der Waals surface area (Å²) in [6, 6.07) is 18.7. The van der Waals surface area contributed by atoms with E-state index < -0.39 is 22.5 Å². The molecule has 0 spiro atoms. The summed E-state index contributed by atoms with van der Waals surface area (Å²) in [6.45, 7) is 3.70.